The van der Waals surface area contributed by atoms with Crippen molar-refractivity contribution >= 4 is 12.0 Å². The smallest absolute Gasteiger partial charge is 0.326 e. The van der Waals surface area contributed by atoms with Gasteiger partial charge in [-0.1, -0.05) is 18.6 Å². The van der Waals surface area contributed by atoms with Crippen LogP contribution in [0.1, 0.15) is 38.6 Å². The number of aromatic amines is 1. The van der Waals surface area contributed by atoms with E-state index in [1.165, 1.54) is 0 Å². The minimum Gasteiger partial charge on any atom is -0.480 e. The molecule has 0 fully saturated rings. The number of carboxylic acid groups (broad SMARTS) is 1. The third kappa shape index (κ3) is 4.00. The second kappa shape index (κ2) is 6.52. The number of carbonyl (C=O) groups excluding carboxylic acids is 1. The molecule has 2 atom stereocenters. The fourth-order valence-electron chi connectivity index (χ4n) is 1.36. The normalized spacial score (nSPS) is 13.7. The second-order valence-corrected chi connectivity index (χ2v) is 3.79. The molecule has 4 N–H and O–H groups in total. The van der Waals surface area contributed by atoms with E-state index in [4.69, 9.17) is 5.11 Å². The number of tetrazole rings is 1. The van der Waals surface area contributed by atoms with Gasteiger partial charge in [0, 0.05) is 0 Å². The van der Waals surface area contributed by atoms with Crippen LogP contribution in [0.25, 0.3) is 0 Å². The lowest BCUT2D eigenvalue weighted by Crippen LogP contribution is -2.46. The van der Waals surface area contributed by atoms with Gasteiger partial charge in [-0.2, -0.15) is 5.21 Å². The Hall–Kier alpha value is -2.19. The molecule has 0 aliphatic heterocycles. The van der Waals surface area contributed by atoms with E-state index < -0.39 is 24.1 Å². The number of urea groups is 1. The van der Waals surface area contributed by atoms with Crippen LogP contribution in [0.2, 0.25) is 0 Å². The van der Waals surface area contributed by atoms with Crippen molar-refractivity contribution in [1.29, 1.82) is 0 Å². The van der Waals surface area contributed by atoms with Crippen LogP contribution in [0.15, 0.2) is 0 Å². The van der Waals surface area contributed by atoms with Gasteiger partial charge in [-0.15, -0.1) is 10.2 Å². The minimum atomic E-state index is -1.06. The molecule has 2 amide bonds. The molecule has 1 heterocycles. The van der Waals surface area contributed by atoms with E-state index in [1.54, 1.807) is 6.92 Å². The first-order chi connectivity index (χ1) is 8.54. The Bertz CT molecular complexity index is 393. The lowest BCUT2D eigenvalue weighted by Gasteiger charge is -2.16. The highest BCUT2D eigenvalue weighted by molar-refractivity contribution is 5.82. The Balaban J connectivity index is 2.47. The number of rotatable bonds is 6. The van der Waals surface area contributed by atoms with Crippen LogP contribution in [0.3, 0.4) is 0 Å². The fraction of sp³-hybridized carbons (Fsp3) is 0.667. The number of nitrogens with one attached hydrogen (secondary N) is 3. The summed E-state index contributed by atoms with van der Waals surface area (Å²) in [5.41, 5.74) is 0. The molecule has 1 rings (SSSR count). The van der Waals surface area contributed by atoms with E-state index in [0.717, 1.165) is 0 Å². The zero-order valence-electron chi connectivity index (χ0n) is 10.2. The minimum absolute atomic E-state index is 0.326. The van der Waals surface area contributed by atoms with Gasteiger partial charge < -0.3 is 15.7 Å². The number of aromatic nitrogens is 4. The number of aliphatic carboxylic acids is 1. The molecular weight excluding hydrogens is 240 g/mol. The van der Waals surface area contributed by atoms with Gasteiger partial charge in [-0.25, -0.2) is 9.59 Å². The molecule has 9 heteroatoms. The second-order valence-electron chi connectivity index (χ2n) is 3.79. The van der Waals surface area contributed by atoms with Crippen molar-refractivity contribution in [1.82, 2.24) is 31.3 Å². The number of carbonyl (C=O) groups is 2. The van der Waals surface area contributed by atoms with Gasteiger partial charge in [0.1, 0.15) is 6.04 Å². The standard InChI is InChI=1S/C9H16N6O3/c1-3-4-6(8(16)17)11-9(18)10-5(2)7-12-14-15-13-7/h5-6H,3-4H2,1-2H3,(H,16,17)(H2,10,11,18)(H,12,13,14,15)/t5?,6-/m1/s1. The summed E-state index contributed by atoms with van der Waals surface area (Å²) in [7, 11) is 0. The first-order valence-electron chi connectivity index (χ1n) is 5.57. The summed E-state index contributed by atoms with van der Waals surface area (Å²) >= 11 is 0. The van der Waals surface area contributed by atoms with Gasteiger partial charge in [0.2, 0.25) is 0 Å². The molecule has 1 aromatic rings. The third-order valence-corrected chi connectivity index (χ3v) is 2.28. The van der Waals surface area contributed by atoms with Crippen LogP contribution in [0.4, 0.5) is 4.79 Å². The monoisotopic (exact) mass is 256 g/mol. The average Bonchev–Trinajstić information content (AvgIpc) is 2.81. The maximum absolute atomic E-state index is 11.6. The van der Waals surface area contributed by atoms with Crippen LogP contribution in [0, 0.1) is 0 Å². The van der Waals surface area contributed by atoms with Crippen molar-refractivity contribution in [3.05, 3.63) is 5.82 Å². The zero-order valence-corrected chi connectivity index (χ0v) is 10.2. The Labute approximate surface area is 103 Å². The van der Waals surface area contributed by atoms with Gasteiger partial charge in [0.25, 0.3) is 0 Å². The highest BCUT2D eigenvalue weighted by Gasteiger charge is 2.20. The topological polar surface area (TPSA) is 133 Å². The molecule has 0 radical (unpaired) electrons. The van der Waals surface area contributed by atoms with E-state index in [9.17, 15) is 9.59 Å². The lowest BCUT2D eigenvalue weighted by atomic mass is 10.2. The van der Waals surface area contributed by atoms with Crippen molar-refractivity contribution in [2.24, 2.45) is 0 Å². The zero-order chi connectivity index (χ0) is 13.5. The SMILES string of the molecule is CCC[C@@H](NC(=O)NC(C)c1nn[nH]n1)C(=O)O. The Morgan fingerprint density at radius 2 is 2.17 bits per heavy atom. The predicted octanol–water partition coefficient (Wildman–Crippen LogP) is -0.187. The molecule has 0 saturated carbocycles. The number of nitrogens with zero attached hydrogens (tertiary/aromatic N) is 3. The van der Waals surface area contributed by atoms with E-state index in [2.05, 4.69) is 31.3 Å². The van der Waals surface area contributed by atoms with Crippen LogP contribution in [-0.4, -0.2) is 43.8 Å². The molecule has 9 nitrogen and oxygen atoms in total. The number of hydrogen-bond donors (Lipinski definition) is 4. The van der Waals surface area contributed by atoms with Crippen molar-refractivity contribution in [3.63, 3.8) is 0 Å². The molecule has 0 saturated heterocycles. The van der Waals surface area contributed by atoms with E-state index in [1.807, 2.05) is 6.92 Å². The summed E-state index contributed by atoms with van der Waals surface area (Å²) in [6.45, 7) is 3.51. The van der Waals surface area contributed by atoms with Crippen molar-refractivity contribution < 1.29 is 14.7 Å². The molecule has 1 unspecified atom stereocenters. The first-order valence-corrected chi connectivity index (χ1v) is 5.57. The molecule has 0 aliphatic rings. The summed E-state index contributed by atoms with van der Waals surface area (Å²) in [6, 6.07) is -1.93. The van der Waals surface area contributed by atoms with Gasteiger partial charge in [-0.3, -0.25) is 0 Å². The molecule has 0 aromatic carbocycles. The maximum Gasteiger partial charge on any atom is 0.326 e. The third-order valence-electron chi connectivity index (χ3n) is 2.28. The molecular formula is C9H16N6O3. The number of H-pyrrole nitrogens is 1. The Morgan fingerprint density at radius 1 is 1.44 bits per heavy atom. The summed E-state index contributed by atoms with van der Waals surface area (Å²) in [6.07, 6.45) is 1.04. The van der Waals surface area contributed by atoms with Gasteiger partial charge in [-0.05, 0) is 13.3 Å². The summed E-state index contributed by atoms with van der Waals surface area (Å²) in [5, 5.41) is 26.9. The molecule has 1 aromatic heterocycles. The first kappa shape index (κ1) is 13.9. The molecule has 0 bridgehead atoms. The summed E-state index contributed by atoms with van der Waals surface area (Å²) in [5.74, 6) is -0.730. The lowest BCUT2D eigenvalue weighted by molar-refractivity contribution is -0.139. The van der Waals surface area contributed by atoms with E-state index >= 15 is 0 Å². The van der Waals surface area contributed by atoms with Crippen LogP contribution < -0.4 is 10.6 Å². The summed E-state index contributed by atoms with van der Waals surface area (Å²) in [4.78, 5) is 22.4. The largest absolute Gasteiger partial charge is 0.480 e. The number of amides is 2. The van der Waals surface area contributed by atoms with Crippen molar-refractivity contribution in [3.8, 4) is 0 Å². The molecule has 100 valence electrons. The molecule has 18 heavy (non-hydrogen) atoms. The van der Waals surface area contributed by atoms with Crippen molar-refractivity contribution in [2.75, 3.05) is 0 Å². The number of hydrogen-bond acceptors (Lipinski definition) is 5. The van der Waals surface area contributed by atoms with E-state index in [-0.39, 0.29) is 0 Å². The predicted molar refractivity (Wildman–Crippen MR) is 60.6 cm³/mol. The van der Waals surface area contributed by atoms with Crippen LogP contribution in [0.5, 0.6) is 0 Å². The molecule has 0 spiro atoms. The summed E-state index contributed by atoms with van der Waals surface area (Å²) < 4.78 is 0. The van der Waals surface area contributed by atoms with Gasteiger partial charge in [0.05, 0.1) is 6.04 Å². The Morgan fingerprint density at radius 3 is 2.67 bits per heavy atom. The van der Waals surface area contributed by atoms with E-state index in [0.29, 0.717) is 18.7 Å². The average molecular weight is 256 g/mol. The van der Waals surface area contributed by atoms with Crippen molar-refractivity contribution in [2.45, 2.75) is 38.8 Å². The fourth-order valence-corrected chi connectivity index (χ4v) is 1.36. The highest BCUT2D eigenvalue weighted by Crippen LogP contribution is 2.03. The van der Waals surface area contributed by atoms with Crippen LogP contribution in [-0.2, 0) is 4.79 Å². The van der Waals surface area contributed by atoms with Gasteiger partial charge in [0.15, 0.2) is 5.82 Å². The molecule has 0 aliphatic carbocycles. The number of carboxylic acids is 1. The highest BCUT2D eigenvalue weighted by atomic mass is 16.4. The Kier molecular flexibility index (Phi) is 5.03. The maximum atomic E-state index is 11.6. The van der Waals surface area contributed by atoms with Crippen LogP contribution >= 0.6 is 0 Å². The quantitative estimate of drug-likeness (QED) is 0.557. The van der Waals surface area contributed by atoms with Gasteiger partial charge >= 0.3 is 12.0 Å².